The summed E-state index contributed by atoms with van der Waals surface area (Å²) in [6, 6.07) is 52.1. The van der Waals surface area contributed by atoms with Gasteiger partial charge in [0.2, 0.25) is 0 Å². The van der Waals surface area contributed by atoms with Gasteiger partial charge in [0.1, 0.15) is 0 Å². The molecule has 0 bridgehead atoms. The summed E-state index contributed by atoms with van der Waals surface area (Å²) < 4.78 is 12.4. The van der Waals surface area contributed by atoms with E-state index in [-0.39, 0.29) is 11.2 Å². The molecule has 6 aromatic carbocycles. The van der Waals surface area contributed by atoms with Crippen LogP contribution in [0.2, 0.25) is 0 Å². The van der Waals surface area contributed by atoms with E-state index in [2.05, 4.69) is 217 Å². The van der Waals surface area contributed by atoms with E-state index in [0.29, 0.717) is 40.0 Å². The molecule has 1 aliphatic rings. The molecule has 1 fully saturated rings. The zero-order valence-corrected chi connectivity index (χ0v) is 46.1. The van der Waals surface area contributed by atoms with E-state index in [9.17, 15) is 0 Å². The van der Waals surface area contributed by atoms with Crippen molar-refractivity contribution < 1.29 is 9.31 Å². The molecule has 2 nitrogen and oxygen atoms in total. The summed E-state index contributed by atoms with van der Waals surface area (Å²) in [5, 5.41) is 2.91. The standard InChI is InChI=1S/C55H65GeP.C6H12BO2/c1-35(2)42-31-48(37(5)6)52(49(32-42)38(7)8)46-29-22-30-47(53-50(39(9)10)33-43(36(3)4)34-51(53)40(11)12)54(46)56-55(41-23-16-13-17-24-41)57(44-25-18-14-19-26-44)45-27-20-15-21-28-45;1-5(2)6(3,4)9-7-8-5/h13-40,55H,1-12H3;1-4H3/t55-;/m0./s1. The zero-order valence-electron chi connectivity index (χ0n) is 43.1. The van der Waals surface area contributed by atoms with Crippen LogP contribution in [0, 0.1) is 0 Å². The third-order valence-electron chi connectivity index (χ3n) is 13.7. The van der Waals surface area contributed by atoms with Crippen molar-refractivity contribution in [1.82, 2.24) is 0 Å². The minimum Gasteiger partial charge on any atom is -0.405 e. The Balaban J connectivity index is 0.000000715. The first-order valence-electron chi connectivity index (χ1n) is 24.6. The molecule has 0 N–H and O–H groups in total. The van der Waals surface area contributed by atoms with Crippen LogP contribution in [0.5, 0.6) is 0 Å². The summed E-state index contributed by atoms with van der Waals surface area (Å²) in [6.45, 7) is 36.7. The molecule has 0 saturated carbocycles. The van der Waals surface area contributed by atoms with Crippen LogP contribution in [0.3, 0.4) is 0 Å². The maximum Gasteiger partial charge on any atom is 0.488 e. The van der Waals surface area contributed by atoms with E-state index in [0.717, 1.165) is 0 Å². The Labute approximate surface area is 409 Å². The van der Waals surface area contributed by atoms with Crippen molar-refractivity contribution in [2.75, 3.05) is 0 Å². The van der Waals surface area contributed by atoms with Gasteiger partial charge in [-0.05, 0) is 27.7 Å². The van der Waals surface area contributed by atoms with Gasteiger partial charge in [0, 0.05) is 0 Å². The average molecular weight is 957 g/mol. The van der Waals surface area contributed by atoms with Gasteiger partial charge >= 0.3 is 364 Å². The van der Waals surface area contributed by atoms with Crippen LogP contribution in [-0.4, -0.2) is 34.3 Å². The minimum absolute atomic E-state index is 0.187. The summed E-state index contributed by atoms with van der Waals surface area (Å²) >= 11 is -0.862. The monoisotopic (exact) mass is 957 g/mol. The number of benzene rings is 6. The molecule has 6 aromatic rings. The van der Waals surface area contributed by atoms with Gasteiger partial charge in [0.25, 0.3) is 0 Å². The van der Waals surface area contributed by atoms with Crippen LogP contribution in [0.4, 0.5) is 0 Å². The first kappa shape index (κ1) is 51.7. The van der Waals surface area contributed by atoms with Gasteiger partial charge in [-0.1, -0.05) is 0 Å². The maximum atomic E-state index is 5.21. The Kier molecular flexibility index (Phi) is 17.3. The van der Waals surface area contributed by atoms with Gasteiger partial charge in [0.15, 0.2) is 0 Å². The van der Waals surface area contributed by atoms with Gasteiger partial charge in [-0.25, -0.2) is 0 Å². The van der Waals surface area contributed by atoms with Crippen molar-refractivity contribution in [3.63, 3.8) is 0 Å². The summed E-state index contributed by atoms with van der Waals surface area (Å²) in [5.41, 5.74) is 15.8. The number of hydrogen-bond donors (Lipinski definition) is 0. The molecule has 1 atom stereocenters. The molecule has 0 spiro atoms. The topological polar surface area (TPSA) is 18.5 Å². The Morgan fingerprint density at radius 3 is 1.03 bits per heavy atom. The third-order valence-corrected chi connectivity index (χ3v) is 21.6. The van der Waals surface area contributed by atoms with E-state index in [1.165, 1.54) is 79.5 Å². The molecule has 0 aliphatic carbocycles. The second-order valence-electron chi connectivity index (χ2n) is 21.2. The molecular weight excluding hydrogens is 879 g/mol. The minimum atomic E-state index is -0.862. The molecule has 0 amide bonds. The zero-order chi connectivity index (χ0) is 48.1. The van der Waals surface area contributed by atoms with Gasteiger partial charge < -0.3 is 9.31 Å². The van der Waals surface area contributed by atoms with Crippen molar-refractivity contribution in [3.8, 4) is 22.3 Å². The molecular formula is C61H77BGeO2P. The second-order valence-corrected chi connectivity index (χ2v) is 27.3. The predicted molar refractivity (Wildman–Crippen MR) is 292 cm³/mol. The maximum absolute atomic E-state index is 5.21. The normalized spacial score (nSPS) is 15.0. The molecule has 0 aromatic heterocycles. The van der Waals surface area contributed by atoms with Crippen LogP contribution in [-0.2, 0) is 9.31 Å². The average Bonchev–Trinajstić information content (AvgIpc) is 3.54. The van der Waals surface area contributed by atoms with Crippen LogP contribution in [0.25, 0.3) is 22.3 Å². The largest absolute Gasteiger partial charge is 0.488 e. The molecule has 0 unspecified atom stereocenters. The first-order chi connectivity index (χ1) is 31.2. The van der Waals surface area contributed by atoms with Crippen molar-refractivity contribution in [3.05, 3.63) is 172 Å². The summed E-state index contributed by atoms with van der Waals surface area (Å²) in [5.74, 6) is 2.52. The fourth-order valence-electron chi connectivity index (χ4n) is 8.90. The van der Waals surface area contributed by atoms with Crippen LogP contribution in [0.1, 0.15) is 190 Å². The van der Waals surface area contributed by atoms with Gasteiger partial charge in [-0.2, -0.15) is 0 Å². The van der Waals surface area contributed by atoms with Crippen molar-refractivity contribution >= 4 is 46.0 Å². The van der Waals surface area contributed by atoms with E-state index in [4.69, 9.17) is 9.31 Å². The SMILES string of the molecule is CC(C)c1cc(C(C)C)c(-c2cccc(-c3c(C(C)C)cc(C(C)C)cc3C(C)C)[c]2[Ge][C@H](c2ccccc2)P(c2ccccc2)c2ccccc2)c(C(C)C)c1.CC1(C)O[B]OC1(C)C. The van der Waals surface area contributed by atoms with Crippen molar-refractivity contribution in [1.29, 1.82) is 0 Å². The van der Waals surface area contributed by atoms with Gasteiger partial charge in [-0.3, -0.25) is 0 Å². The van der Waals surface area contributed by atoms with Gasteiger partial charge in [0.05, 0.1) is 11.2 Å². The Bertz CT molecular complexity index is 2300. The molecule has 345 valence electrons. The summed E-state index contributed by atoms with van der Waals surface area (Å²) in [7, 11) is 0.687. The first-order valence-corrected chi connectivity index (χ1v) is 28.3. The molecule has 1 saturated heterocycles. The summed E-state index contributed by atoms with van der Waals surface area (Å²) in [6.07, 6.45) is 0. The van der Waals surface area contributed by atoms with Crippen LogP contribution >= 0.6 is 7.92 Å². The van der Waals surface area contributed by atoms with E-state index < -0.39 is 23.4 Å². The quantitative estimate of drug-likeness (QED) is 0.0800. The van der Waals surface area contributed by atoms with E-state index in [1.54, 1.807) is 4.40 Å². The van der Waals surface area contributed by atoms with Crippen molar-refractivity contribution in [2.45, 2.75) is 162 Å². The van der Waals surface area contributed by atoms with Crippen molar-refractivity contribution in [2.24, 2.45) is 0 Å². The van der Waals surface area contributed by atoms with E-state index >= 15 is 0 Å². The van der Waals surface area contributed by atoms with Crippen LogP contribution in [0.15, 0.2) is 133 Å². The number of hydrogen-bond acceptors (Lipinski definition) is 2. The molecule has 3 radical (unpaired) electrons. The molecule has 7 rings (SSSR count). The molecule has 1 aliphatic heterocycles. The van der Waals surface area contributed by atoms with Crippen LogP contribution < -0.4 is 15.0 Å². The van der Waals surface area contributed by atoms with E-state index in [1.807, 2.05) is 27.7 Å². The molecule has 5 heteroatoms. The van der Waals surface area contributed by atoms with Gasteiger partial charge in [-0.15, -0.1) is 0 Å². The Morgan fingerprint density at radius 2 is 0.742 bits per heavy atom. The summed E-state index contributed by atoms with van der Waals surface area (Å²) in [4.78, 5) is 0. The Hall–Kier alpha value is -3.72. The Morgan fingerprint density at radius 1 is 0.409 bits per heavy atom. The predicted octanol–water partition coefficient (Wildman–Crippen LogP) is 16.0. The number of rotatable bonds is 14. The molecule has 66 heavy (non-hydrogen) atoms. The second kappa shape index (κ2) is 22.1. The molecule has 1 heterocycles. The third kappa shape index (κ3) is 11.6. The fourth-order valence-corrected chi connectivity index (χ4v) is 17.6. The smallest absolute Gasteiger partial charge is 0.405 e. The fraction of sp³-hybridized carbons (Fsp3) is 0.410.